The second kappa shape index (κ2) is 5.39. The zero-order valence-corrected chi connectivity index (χ0v) is 14.2. The van der Waals surface area contributed by atoms with Crippen LogP contribution in [-0.2, 0) is 11.8 Å². The van der Waals surface area contributed by atoms with Crippen LogP contribution in [0.25, 0.3) is 0 Å². The van der Waals surface area contributed by atoms with Crippen molar-refractivity contribution in [1.29, 1.82) is 0 Å². The monoisotopic (exact) mass is 326 g/mol. The zero-order chi connectivity index (χ0) is 17.6. The van der Waals surface area contributed by atoms with E-state index in [2.05, 4.69) is 5.10 Å². The van der Waals surface area contributed by atoms with Crippen molar-refractivity contribution >= 4 is 11.8 Å². The second-order valence-electron chi connectivity index (χ2n) is 7.10. The minimum absolute atomic E-state index is 0.0422. The smallest absolute Gasteiger partial charge is 0.410 e. The first-order chi connectivity index (χ1) is 10.4. The molecule has 1 aromatic heterocycles. The van der Waals surface area contributed by atoms with Gasteiger partial charge in [-0.1, -0.05) is 0 Å². The molecule has 0 unspecified atom stereocenters. The number of carbonyl (C=O) groups excluding carboxylic acids is 1. The van der Waals surface area contributed by atoms with Gasteiger partial charge >= 0.3 is 17.7 Å². The number of ether oxygens (including phenoxy) is 2. The Labute approximate surface area is 134 Å². The van der Waals surface area contributed by atoms with Crippen LogP contribution in [0, 0.1) is 10.1 Å². The van der Waals surface area contributed by atoms with Crippen LogP contribution in [0.15, 0.2) is 6.20 Å². The largest absolute Gasteiger partial charge is 0.464 e. The summed E-state index contributed by atoms with van der Waals surface area (Å²) in [5.74, 6) is -0.0422. The van der Waals surface area contributed by atoms with Crippen LogP contribution in [0.1, 0.15) is 34.6 Å². The summed E-state index contributed by atoms with van der Waals surface area (Å²) in [4.78, 5) is 24.2. The van der Waals surface area contributed by atoms with Crippen LogP contribution >= 0.6 is 0 Å². The molecule has 1 saturated heterocycles. The number of carbonyl (C=O) groups is 1. The summed E-state index contributed by atoms with van der Waals surface area (Å²) in [6, 6.07) is 0. The molecule has 128 valence electrons. The molecule has 0 aromatic carbocycles. The van der Waals surface area contributed by atoms with Gasteiger partial charge in [0.15, 0.2) is 0 Å². The third-order valence-electron chi connectivity index (χ3n) is 3.67. The zero-order valence-electron chi connectivity index (χ0n) is 14.2. The van der Waals surface area contributed by atoms with Crippen molar-refractivity contribution in [2.45, 2.75) is 51.9 Å². The summed E-state index contributed by atoms with van der Waals surface area (Å²) in [7, 11) is 1.58. The van der Waals surface area contributed by atoms with Crippen LogP contribution in [-0.4, -0.2) is 49.5 Å². The van der Waals surface area contributed by atoms with E-state index < -0.39 is 28.3 Å². The van der Waals surface area contributed by atoms with Crippen molar-refractivity contribution in [3.05, 3.63) is 16.3 Å². The average molecular weight is 326 g/mol. The van der Waals surface area contributed by atoms with E-state index >= 15 is 0 Å². The maximum atomic E-state index is 12.2. The fourth-order valence-electron chi connectivity index (χ4n) is 2.29. The molecule has 2 rings (SSSR count). The third kappa shape index (κ3) is 3.38. The van der Waals surface area contributed by atoms with Crippen molar-refractivity contribution in [1.82, 2.24) is 14.7 Å². The summed E-state index contributed by atoms with van der Waals surface area (Å²) < 4.78 is 12.3. The van der Waals surface area contributed by atoms with Crippen LogP contribution < -0.4 is 4.74 Å². The Morgan fingerprint density at radius 2 is 2.09 bits per heavy atom. The first kappa shape index (κ1) is 17.0. The van der Waals surface area contributed by atoms with Crippen molar-refractivity contribution in [2.75, 3.05) is 6.54 Å². The normalized spacial score (nSPS) is 19.9. The van der Waals surface area contributed by atoms with E-state index in [9.17, 15) is 14.9 Å². The predicted molar refractivity (Wildman–Crippen MR) is 81.3 cm³/mol. The van der Waals surface area contributed by atoms with Gasteiger partial charge in [0.1, 0.15) is 17.9 Å². The second-order valence-corrected chi connectivity index (χ2v) is 7.10. The van der Waals surface area contributed by atoms with Gasteiger partial charge in [-0.3, -0.25) is 19.7 Å². The highest BCUT2D eigenvalue weighted by Crippen LogP contribution is 2.36. The summed E-state index contributed by atoms with van der Waals surface area (Å²) >= 11 is 0. The Bertz CT molecular complexity index is 632. The Kier molecular flexibility index (Phi) is 4.00. The Balaban J connectivity index is 2.08. The minimum Gasteiger partial charge on any atom is -0.464 e. The van der Waals surface area contributed by atoms with Gasteiger partial charge in [0.25, 0.3) is 0 Å². The van der Waals surface area contributed by atoms with Crippen molar-refractivity contribution in [2.24, 2.45) is 7.05 Å². The summed E-state index contributed by atoms with van der Waals surface area (Å²) in [5, 5.41) is 15.0. The highest BCUT2D eigenvalue weighted by atomic mass is 16.6. The first-order valence-electron chi connectivity index (χ1n) is 7.27. The van der Waals surface area contributed by atoms with E-state index in [-0.39, 0.29) is 18.1 Å². The molecule has 1 amide bonds. The molecule has 0 bridgehead atoms. The molecule has 0 saturated carbocycles. The highest BCUT2D eigenvalue weighted by Gasteiger charge is 2.53. The number of aromatic nitrogens is 2. The van der Waals surface area contributed by atoms with E-state index in [1.54, 1.807) is 27.8 Å². The van der Waals surface area contributed by atoms with E-state index in [0.717, 1.165) is 0 Å². The van der Waals surface area contributed by atoms with Gasteiger partial charge in [-0.2, -0.15) is 0 Å². The van der Waals surface area contributed by atoms with E-state index in [1.807, 2.05) is 13.8 Å². The topological polar surface area (TPSA) is 99.7 Å². The molecule has 9 heteroatoms. The number of rotatable bonds is 3. The van der Waals surface area contributed by atoms with E-state index in [4.69, 9.17) is 9.47 Å². The number of hydrogen-bond donors (Lipinski definition) is 0. The molecule has 1 aliphatic heterocycles. The Hall–Kier alpha value is -2.32. The fraction of sp³-hybridized carbons (Fsp3) is 0.714. The molecule has 1 atom stereocenters. The van der Waals surface area contributed by atoms with Gasteiger partial charge < -0.3 is 9.47 Å². The van der Waals surface area contributed by atoms with E-state index in [1.165, 1.54) is 15.8 Å². The van der Waals surface area contributed by atoms with Crippen molar-refractivity contribution in [3.63, 3.8) is 0 Å². The summed E-state index contributed by atoms with van der Waals surface area (Å²) in [5.41, 5.74) is -1.42. The first-order valence-corrected chi connectivity index (χ1v) is 7.27. The van der Waals surface area contributed by atoms with Crippen LogP contribution in [0.2, 0.25) is 0 Å². The molecule has 2 heterocycles. The van der Waals surface area contributed by atoms with Gasteiger partial charge in [0, 0.05) is 7.05 Å². The maximum absolute atomic E-state index is 12.2. The van der Waals surface area contributed by atoms with Gasteiger partial charge in [0.05, 0.1) is 17.0 Å². The molecular formula is C14H22N4O5. The maximum Gasteiger partial charge on any atom is 0.410 e. The molecule has 1 fully saturated rings. The van der Waals surface area contributed by atoms with Gasteiger partial charge in [0.2, 0.25) is 0 Å². The number of hydrogen-bond acceptors (Lipinski definition) is 6. The molecule has 0 aliphatic carbocycles. The SMILES string of the molecule is Cn1cc([N+](=O)[O-])c(O[C@@H]2CN(C(=O)OC(C)(C)C)C2(C)C)n1. The van der Waals surface area contributed by atoms with Crippen LogP contribution in [0.5, 0.6) is 5.88 Å². The van der Waals surface area contributed by atoms with Crippen LogP contribution in [0.3, 0.4) is 0 Å². The number of amides is 1. The fourth-order valence-corrected chi connectivity index (χ4v) is 2.29. The standard InChI is InChI=1S/C14H22N4O5/c1-13(2,3)23-12(19)17-8-10(14(17,4)5)22-11-9(18(20)21)7-16(6)15-11/h7,10H,8H2,1-6H3/t10-/m1/s1. The lowest BCUT2D eigenvalue weighted by molar-refractivity contribution is -0.386. The van der Waals surface area contributed by atoms with Gasteiger partial charge in [-0.15, -0.1) is 5.10 Å². The Morgan fingerprint density at radius 3 is 2.57 bits per heavy atom. The lowest BCUT2D eigenvalue weighted by atomic mass is 9.86. The highest BCUT2D eigenvalue weighted by molar-refractivity contribution is 5.71. The number of nitro groups is 1. The molecule has 0 spiro atoms. The predicted octanol–water partition coefficient (Wildman–Crippen LogP) is 2.10. The molecule has 1 aliphatic rings. The number of aryl methyl sites for hydroxylation is 1. The van der Waals surface area contributed by atoms with Crippen LogP contribution in [0.4, 0.5) is 10.5 Å². The van der Waals surface area contributed by atoms with Gasteiger partial charge in [-0.25, -0.2) is 4.79 Å². The lowest BCUT2D eigenvalue weighted by Crippen LogP contribution is -2.71. The average Bonchev–Trinajstić information content (AvgIpc) is 2.73. The molecular weight excluding hydrogens is 304 g/mol. The van der Waals surface area contributed by atoms with Crippen molar-refractivity contribution in [3.8, 4) is 5.88 Å². The number of likely N-dealkylation sites (tertiary alicyclic amines) is 1. The van der Waals surface area contributed by atoms with E-state index in [0.29, 0.717) is 0 Å². The minimum atomic E-state index is -0.645. The molecule has 9 nitrogen and oxygen atoms in total. The molecule has 0 N–H and O–H groups in total. The number of nitrogens with zero attached hydrogens (tertiary/aromatic N) is 4. The quantitative estimate of drug-likeness (QED) is 0.623. The molecule has 0 radical (unpaired) electrons. The van der Waals surface area contributed by atoms with Crippen molar-refractivity contribution < 1.29 is 19.2 Å². The van der Waals surface area contributed by atoms with Gasteiger partial charge in [-0.05, 0) is 34.6 Å². The summed E-state index contributed by atoms with van der Waals surface area (Å²) in [6.07, 6.45) is 0.452. The lowest BCUT2D eigenvalue weighted by Gasteiger charge is -2.53. The molecule has 1 aromatic rings. The Morgan fingerprint density at radius 1 is 1.48 bits per heavy atom. The third-order valence-corrected chi connectivity index (χ3v) is 3.67. The molecule has 23 heavy (non-hydrogen) atoms. The summed E-state index contributed by atoms with van der Waals surface area (Å²) in [6.45, 7) is 9.31.